The predicted molar refractivity (Wildman–Crippen MR) is 94.8 cm³/mol. The largest absolute Gasteiger partial charge is 0.246 e. The lowest BCUT2D eigenvalue weighted by molar-refractivity contribution is 0.211. The van der Waals surface area contributed by atoms with Gasteiger partial charge in [0.15, 0.2) is 0 Å². The smallest absolute Gasteiger partial charge is 0.207 e. The molecule has 1 aliphatic rings. The zero-order valence-corrected chi connectivity index (χ0v) is 16.7. The van der Waals surface area contributed by atoms with Crippen LogP contribution in [-0.2, 0) is 20.0 Å². The Bertz CT molecular complexity index is 1160. The van der Waals surface area contributed by atoms with Crippen LogP contribution in [0.1, 0.15) is 6.92 Å². The summed E-state index contributed by atoms with van der Waals surface area (Å²) in [5.74, 6) is -4.17. The Hall–Kier alpha value is -2.02. The van der Waals surface area contributed by atoms with E-state index in [0.717, 1.165) is 20.7 Å². The third-order valence-corrected chi connectivity index (χ3v) is 8.43. The fourth-order valence-corrected chi connectivity index (χ4v) is 6.38. The molecule has 0 saturated carbocycles. The summed E-state index contributed by atoms with van der Waals surface area (Å²) in [5, 5.41) is 0. The molecule has 0 bridgehead atoms. The summed E-state index contributed by atoms with van der Waals surface area (Å²) in [4.78, 5) is -1.73. The van der Waals surface area contributed by atoms with E-state index >= 15 is 0 Å². The van der Waals surface area contributed by atoms with Crippen molar-refractivity contribution in [2.75, 3.05) is 19.6 Å². The summed E-state index contributed by atoms with van der Waals surface area (Å²) in [6.45, 7) is 0.237. The topological polar surface area (TPSA) is 74.8 Å². The zero-order valence-electron chi connectivity index (χ0n) is 15.0. The van der Waals surface area contributed by atoms with E-state index in [1.54, 1.807) is 0 Å². The Morgan fingerprint density at radius 1 is 0.793 bits per heavy atom. The highest BCUT2D eigenvalue weighted by atomic mass is 32.2. The highest BCUT2D eigenvalue weighted by molar-refractivity contribution is 7.89. The number of hydrogen-bond donors (Lipinski definition) is 0. The van der Waals surface area contributed by atoms with Crippen LogP contribution in [0.4, 0.5) is 17.6 Å². The summed E-state index contributed by atoms with van der Waals surface area (Å²) >= 11 is 0. The van der Waals surface area contributed by atoms with Crippen LogP contribution in [0.5, 0.6) is 0 Å². The van der Waals surface area contributed by atoms with Gasteiger partial charge in [-0.2, -0.15) is 8.61 Å². The minimum atomic E-state index is -4.45. The fraction of sp³-hybridized carbons (Fsp3) is 0.294. The summed E-state index contributed by atoms with van der Waals surface area (Å²) in [6, 6.07) is 3.02. The number of piperazine rings is 1. The molecule has 0 aromatic heterocycles. The molecule has 1 heterocycles. The molecule has 29 heavy (non-hydrogen) atoms. The summed E-state index contributed by atoms with van der Waals surface area (Å²) < 4.78 is 107. The van der Waals surface area contributed by atoms with Gasteiger partial charge in [-0.3, -0.25) is 0 Å². The van der Waals surface area contributed by atoms with E-state index in [1.165, 1.54) is 6.92 Å². The van der Waals surface area contributed by atoms with Gasteiger partial charge in [-0.05, 0) is 43.3 Å². The number of nitrogens with zero attached hydrogens (tertiary/aromatic N) is 2. The van der Waals surface area contributed by atoms with Crippen molar-refractivity contribution < 1.29 is 34.4 Å². The maximum Gasteiger partial charge on any atom is 0.246 e. The van der Waals surface area contributed by atoms with Crippen molar-refractivity contribution >= 4 is 20.0 Å². The Kier molecular flexibility index (Phi) is 5.73. The first-order valence-electron chi connectivity index (χ1n) is 8.36. The molecule has 6 nitrogen and oxygen atoms in total. The second-order valence-corrected chi connectivity index (χ2v) is 10.2. The molecule has 158 valence electrons. The van der Waals surface area contributed by atoms with Gasteiger partial charge in [-0.25, -0.2) is 34.4 Å². The van der Waals surface area contributed by atoms with Gasteiger partial charge in [0.25, 0.3) is 0 Å². The van der Waals surface area contributed by atoms with E-state index in [-0.39, 0.29) is 19.6 Å². The predicted octanol–water partition coefficient (Wildman–Crippen LogP) is 2.33. The van der Waals surface area contributed by atoms with Crippen LogP contribution >= 0.6 is 0 Å². The molecule has 12 heteroatoms. The second kappa shape index (κ2) is 7.67. The number of hydrogen-bond acceptors (Lipinski definition) is 4. The van der Waals surface area contributed by atoms with Crippen LogP contribution in [0.25, 0.3) is 0 Å². The van der Waals surface area contributed by atoms with E-state index in [2.05, 4.69) is 0 Å². The number of benzene rings is 2. The van der Waals surface area contributed by atoms with Gasteiger partial charge in [0, 0.05) is 25.7 Å². The fourth-order valence-electron chi connectivity index (χ4n) is 3.10. The molecule has 0 aliphatic carbocycles. The summed E-state index contributed by atoms with van der Waals surface area (Å²) in [6.07, 6.45) is 0. The van der Waals surface area contributed by atoms with Crippen LogP contribution in [0, 0.1) is 23.3 Å². The SMILES string of the molecule is CC1CN(S(=O)(=O)c2cc(F)ccc2F)CCN1S(=O)(=O)c1cc(F)ccc1F. The molecule has 1 aliphatic heterocycles. The van der Waals surface area contributed by atoms with Crippen LogP contribution in [0.3, 0.4) is 0 Å². The van der Waals surface area contributed by atoms with Crippen molar-refractivity contribution in [2.24, 2.45) is 0 Å². The van der Waals surface area contributed by atoms with E-state index < -0.39 is 59.1 Å². The van der Waals surface area contributed by atoms with Crippen LogP contribution in [-0.4, -0.2) is 51.1 Å². The van der Waals surface area contributed by atoms with Gasteiger partial charge >= 0.3 is 0 Å². The number of sulfonamides is 2. The monoisotopic (exact) mass is 452 g/mol. The summed E-state index contributed by atoms with van der Waals surface area (Å²) in [5.41, 5.74) is 0. The van der Waals surface area contributed by atoms with E-state index in [0.29, 0.717) is 24.3 Å². The molecule has 0 spiro atoms. The Morgan fingerprint density at radius 2 is 1.28 bits per heavy atom. The minimum absolute atomic E-state index is 0.376. The van der Waals surface area contributed by atoms with E-state index in [4.69, 9.17) is 0 Å². The summed E-state index contributed by atoms with van der Waals surface area (Å²) in [7, 11) is -8.88. The number of halogens is 4. The molecule has 1 fully saturated rings. The molecule has 1 saturated heterocycles. The molecule has 0 amide bonds. The lowest BCUT2D eigenvalue weighted by Crippen LogP contribution is -2.55. The third-order valence-electron chi connectivity index (χ3n) is 4.52. The Morgan fingerprint density at radius 3 is 1.76 bits per heavy atom. The highest BCUT2D eigenvalue weighted by Crippen LogP contribution is 2.27. The molecule has 1 unspecified atom stereocenters. The average molecular weight is 452 g/mol. The first kappa shape index (κ1) is 21.7. The molecule has 0 radical (unpaired) electrons. The number of rotatable bonds is 4. The molecule has 0 N–H and O–H groups in total. The Balaban J connectivity index is 1.89. The molecular weight excluding hydrogens is 436 g/mol. The van der Waals surface area contributed by atoms with Crippen molar-refractivity contribution in [1.82, 2.24) is 8.61 Å². The first-order chi connectivity index (χ1) is 13.4. The maximum atomic E-state index is 14.0. The second-order valence-electron chi connectivity index (χ2n) is 6.48. The minimum Gasteiger partial charge on any atom is -0.207 e. The lowest BCUT2D eigenvalue weighted by atomic mass is 10.3. The van der Waals surface area contributed by atoms with Crippen molar-refractivity contribution in [2.45, 2.75) is 22.8 Å². The first-order valence-corrected chi connectivity index (χ1v) is 11.2. The van der Waals surface area contributed by atoms with E-state index in [9.17, 15) is 34.4 Å². The standard InChI is InChI=1S/C17H16F4N2O4S2/c1-11-10-22(28(24,25)16-8-12(18)2-4-14(16)20)6-7-23(11)29(26,27)17-9-13(19)3-5-15(17)21/h2-5,8-9,11H,6-7,10H2,1H3. The average Bonchev–Trinajstić information content (AvgIpc) is 2.65. The van der Waals surface area contributed by atoms with Crippen molar-refractivity contribution in [1.29, 1.82) is 0 Å². The van der Waals surface area contributed by atoms with Crippen molar-refractivity contribution in [3.63, 3.8) is 0 Å². The van der Waals surface area contributed by atoms with Crippen LogP contribution in [0.2, 0.25) is 0 Å². The van der Waals surface area contributed by atoms with Gasteiger partial charge in [0.05, 0.1) is 0 Å². The van der Waals surface area contributed by atoms with Gasteiger partial charge in [-0.1, -0.05) is 0 Å². The van der Waals surface area contributed by atoms with Gasteiger partial charge in [0.2, 0.25) is 20.0 Å². The lowest BCUT2D eigenvalue weighted by Gasteiger charge is -2.38. The molecular formula is C17H16F4N2O4S2. The van der Waals surface area contributed by atoms with Gasteiger partial charge in [-0.15, -0.1) is 0 Å². The highest BCUT2D eigenvalue weighted by Gasteiger charge is 2.40. The van der Waals surface area contributed by atoms with Crippen LogP contribution < -0.4 is 0 Å². The quantitative estimate of drug-likeness (QED) is 0.668. The zero-order chi connectivity index (χ0) is 21.6. The maximum absolute atomic E-state index is 14.0. The third kappa shape index (κ3) is 4.02. The van der Waals surface area contributed by atoms with Crippen molar-refractivity contribution in [3.8, 4) is 0 Å². The molecule has 1 atom stereocenters. The van der Waals surface area contributed by atoms with Gasteiger partial charge < -0.3 is 0 Å². The van der Waals surface area contributed by atoms with Crippen LogP contribution in [0.15, 0.2) is 46.2 Å². The normalized spacial score (nSPS) is 19.4. The Labute approximate surface area is 165 Å². The van der Waals surface area contributed by atoms with Crippen molar-refractivity contribution in [3.05, 3.63) is 59.7 Å². The molecule has 3 rings (SSSR count). The van der Waals surface area contributed by atoms with Gasteiger partial charge in [0.1, 0.15) is 33.1 Å². The molecule has 2 aromatic carbocycles. The molecule has 2 aromatic rings. The van der Waals surface area contributed by atoms with E-state index in [1.807, 2.05) is 0 Å².